The van der Waals surface area contributed by atoms with Crippen LogP contribution in [0.4, 0.5) is 15.0 Å². The number of aliphatic imine (C=N–C) groups is 1. The summed E-state index contributed by atoms with van der Waals surface area (Å²) in [5.74, 6) is 1.31. The third-order valence-electron chi connectivity index (χ3n) is 5.81. The summed E-state index contributed by atoms with van der Waals surface area (Å²) < 4.78 is 19.5. The lowest BCUT2D eigenvalue weighted by Crippen LogP contribution is -2.46. The molecule has 0 bridgehead atoms. The van der Waals surface area contributed by atoms with Crippen LogP contribution in [0.15, 0.2) is 23.3 Å². The van der Waals surface area contributed by atoms with Gasteiger partial charge in [-0.05, 0) is 64.5 Å². The Morgan fingerprint density at radius 1 is 1.30 bits per heavy atom. The molecule has 1 aromatic heterocycles. The monoisotopic (exact) mass is 576 g/mol. The van der Waals surface area contributed by atoms with Gasteiger partial charge in [0.15, 0.2) is 17.6 Å². The van der Waals surface area contributed by atoms with Gasteiger partial charge < -0.3 is 25.2 Å². The van der Waals surface area contributed by atoms with Gasteiger partial charge in [-0.3, -0.25) is 4.99 Å². The molecular formula is C23H38FIN6O2. The second-order valence-corrected chi connectivity index (χ2v) is 9.61. The van der Waals surface area contributed by atoms with Crippen LogP contribution in [-0.4, -0.2) is 73.4 Å². The van der Waals surface area contributed by atoms with Gasteiger partial charge in [0.1, 0.15) is 5.60 Å². The van der Waals surface area contributed by atoms with Gasteiger partial charge in [-0.25, -0.2) is 14.2 Å². The van der Waals surface area contributed by atoms with Gasteiger partial charge in [0.05, 0.1) is 0 Å². The standard InChI is InChI=1S/C23H37FN6O2.HI/c1-23(2,3)32-22(31)30-13-6-7-17(15-30)9-12-27-21(25-4)28-18-10-14-29(16-18)20-19(24)8-5-11-26-20;/h5,8,11,17-18H,6-7,9-10,12-16H2,1-4H3,(H2,25,27,28);1H. The number of pyridine rings is 1. The Morgan fingerprint density at radius 2 is 2.09 bits per heavy atom. The van der Waals surface area contributed by atoms with Crippen molar-refractivity contribution < 1.29 is 13.9 Å². The fourth-order valence-corrected chi connectivity index (χ4v) is 4.26. The van der Waals surface area contributed by atoms with Crippen molar-refractivity contribution in [2.24, 2.45) is 10.9 Å². The number of hydrogen-bond acceptors (Lipinski definition) is 5. The van der Waals surface area contributed by atoms with Crippen LogP contribution in [0, 0.1) is 11.7 Å². The van der Waals surface area contributed by atoms with E-state index >= 15 is 0 Å². The molecule has 2 saturated heterocycles. The molecule has 8 nitrogen and oxygen atoms in total. The zero-order valence-electron chi connectivity index (χ0n) is 20.1. The zero-order valence-corrected chi connectivity index (χ0v) is 22.5. The van der Waals surface area contributed by atoms with Crippen LogP contribution in [0.25, 0.3) is 0 Å². The van der Waals surface area contributed by atoms with Crippen molar-refractivity contribution in [3.63, 3.8) is 0 Å². The molecule has 0 aromatic carbocycles. The highest BCUT2D eigenvalue weighted by Crippen LogP contribution is 2.22. The van der Waals surface area contributed by atoms with Gasteiger partial charge in [0, 0.05) is 52.0 Å². The molecule has 3 rings (SSSR count). The smallest absolute Gasteiger partial charge is 0.410 e. The van der Waals surface area contributed by atoms with Gasteiger partial charge in [0.2, 0.25) is 0 Å². The maximum Gasteiger partial charge on any atom is 0.410 e. The molecule has 3 heterocycles. The van der Waals surface area contributed by atoms with Gasteiger partial charge in [0.25, 0.3) is 0 Å². The number of rotatable bonds is 5. The summed E-state index contributed by atoms with van der Waals surface area (Å²) in [6, 6.07) is 3.23. The molecule has 2 atom stereocenters. The van der Waals surface area contributed by atoms with Crippen LogP contribution in [0.2, 0.25) is 0 Å². The Hall–Kier alpha value is -1.85. The fourth-order valence-electron chi connectivity index (χ4n) is 4.26. The maximum atomic E-state index is 14.0. The lowest BCUT2D eigenvalue weighted by atomic mass is 9.95. The Kier molecular flexibility index (Phi) is 10.4. The number of carbonyl (C=O) groups is 1. The van der Waals surface area contributed by atoms with E-state index in [0.717, 1.165) is 57.8 Å². The van der Waals surface area contributed by atoms with Crippen molar-refractivity contribution in [3.8, 4) is 0 Å². The molecule has 0 saturated carbocycles. The van der Waals surface area contributed by atoms with Crippen LogP contribution >= 0.6 is 24.0 Å². The minimum absolute atomic E-state index is 0. The number of ether oxygens (including phenoxy) is 1. The molecule has 2 aliphatic rings. The van der Waals surface area contributed by atoms with Crippen LogP contribution in [-0.2, 0) is 4.74 Å². The van der Waals surface area contributed by atoms with Crippen molar-refractivity contribution in [2.75, 3.05) is 44.7 Å². The Morgan fingerprint density at radius 3 is 2.79 bits per heavy atom. The van der Waals surface area contributed by atoms with Crippen LogP contribution < -0.4 is 15.5 Å². The van der Waals surface area contributed by atoms with E-state index in [1.165, 1.54) is 6.07 Å². The van der Waals surface area contributed by atoms with Gasteiger partial charge >= 0.3 is 6.09 Å². The van der Waals surface area contributed by atoms with Gasteiger partial charge in [-0.1, -0.05) is 0 Å². The molecule has 2 aliphatic heterocycles. The first kappa shape index (κ1) is 27.4. The van der Waals surface area contributed by atoms with Crippen LogP contribution in [0.3, 0.4) is 0 Å². The van der Waals surface area contributed by atoms with E-state index in [1.807, 2.05) is 30.6 Å². The number of guanidine groups is 1. The first-order valence-electron chi connectivity index (χ1n) is 11.6. The third-order valence-corrected chi connectivity index (χ3v) is 5.81. The predicted molar refractivity (Wildman–Crippen MR) is 140 cm³/mol. The summed E-state index contributed by atoms with van der Waals surface area (Å²) in [4.78, 5) is 24.7. The number of nitrogens with one attached hydrogen (secondary N) is 2. The highest BCUT2D eigenvalue weighted by molar-refractivity contribution is 14.0. The molecule has 0 radical (unpaired) electrons. The number of carbonyl (C=O) groups excluding carboxylic acids is 1. The lowest BCUT2D eigenvalue weighted by Gasteiger charge is -2.34. The number of halogens is 2. The fraction of sp³-hybridized carbons (Fsp3) is 0.696. The quantitative estimate of drug-likeness (QED) is 0.317. The van der Waals surface area contributed by atoms with Crippen LogP contribution in [0.5, 0.6) is 0 Å². The molecule has 33 heavy (non-hydrogen) atoms. The van der Waals surface area contributed by atoms with E-state index in [2.05, 4.69) is 20.6 Å². The molecule has 186 valence electrons. The minimum Gasteiger partial charge on any atom is -0.444 e. The highest BCUT2D eigenvalue weighted by atomic mass is 127. The zero-order chi connectivity index (χ0) is 23.1. The first-order chi connectivity index (χ1) is 15.2. The number of nitrogens with zero attached hydrogens (tertiary/aromatic N) is 4. The lowest BCUT2D eigenvalue weighted by molar-refractivity contribution is 0.0162. The van der Waals surface area contributed by atoms with E-state index < -0.39 is 5.60 Å². The van der Waals surface area contributed by atoms with Gasteiger partial charge in [-0.15, -0.1) is 24.0 Å². The van der Waals surface area contributed by atoms with E-state index in [9.17, 15) is 9.18 Å². The number of anilines is 1. The normalized spacial score (nSPS) is 21.4. The maximum absolute atomic E-state index is 14.0. The van der Waals surface area contributed by atoms with Gasteiger partial charge in [-0.2, -0.15) is 0 Å². The molecule has 0 aliphatic carbocycles. The van der Waals surface area contributed by atoms with Crippen LogP contribution in [0.1, 0.15) is 46.5 Å². The molecular weight excluding hydrogens is 538 g/mol. The minimum atomic E-state index is -0.470. The van der Waals surface area contributed by atoms with Crippen molar-refractivity contribution in [1.29, 1.82) is 0 Å². The SMILES string of the molecule is CN=C(NCCC1CCCN(C(=O)OC(C)(C)C)C1)NC1CCN(c2ncccc2F)C1.I. The topological polar surface area (TPSA) is 82.1 Å². The molecule has 0 spiro atoms. The molecule has 1 aromatic rings. The van der Waals surface area contributed by atoms with Crippen molar-refractivity contribution in [3.05, 3.63) is 24.1 Å². The second kappa shape index (κ2) is 12.6. The largest absolute Gasteiger partial charge is 0.444 e. The molecule has 2 N–H and O–H groups in total. The molecule has 2 fully saturated rings. The van der Waals surface area contributed by atoms with Crippen molar-refractivity contribution in [2.45, 2.75) is 58.1 Å². The number of piperidine rings is 1. The number of amides is 1. The third kappa shape index (κ3) is 8.46. The summed E-state index contributed by atoms with van der Waals surface area (Å²) in [5.41, 5.74) is -0.470. The average Bonchev–Trinajstić information content (AvgIpc) is 3.20. The summed E-state index contributed by atoms with van der Waals surface area (Å²) in [6.07, 6.45) is 5.36. The van der Waals surface area contributed by atoms with E-state index in [1.54, 1.807) is 19.3 Å². The van der Waals surface area contributed by atoms with Crippen molar-refractivity contribution >= 4 is 41.8 Å². The predicted octanol–water partition coefficient (Wildman–Crippen LogP) is 3.62. The Labute approximate surface area is 213 Å². The Balaban J connectivity index is 0.00000385. The molecule has 10 heteroatoms. The second-order valence-electron chi connectivity index (χ2n) is 9.61. The molecule has 2 unspecified atom stereocenters. The van der Waals surface area contributed by atoms with E-state index in [-0.39, 0.29) is 41.9 Å². The average molecular weight is 576 g/mol. The van der Waals surface area contributed by atoms with E-state index in [4.69, 9.17) is 4.74 Å². The number of aromatic nitrogens is 1. The summed E-state index contributed by atoms with van der Waals surface area (Å²) in [5, 5.41) is 6.83. The number of hydrogen-bond donors (Lipinski definition) is 2. The molecule has 1 amide bonds. The highest BCUT2D eigenvalue weighted by Gasteiger charge is 2.28. The first-order valence-corrected chi connectivity index (χ1v) is 11.6. The summed E-state index contributed by atoms with van der Waals surface area (Å²) in [6.45, 7) is 9.39. The van der Waals surface area contributed by atoms with E-state index in [0.29, 0.717) is 18.3 Å². The summed E-state index contributed by atoms with van der Waals surface area (Å²) in [7, 11) is 1.76. The number of likely N-dealkylation sites (tertiary alicyclic amines) is 1. The summed E-state index contributed by atoms with van der Waals surface area (Å²) >= 11 is 0. The van der Waals surface area contributed by atoms with Crippen molar-refractivity contribution in [1.82, 2.24) is 20.5 Å². The Bertz CT molecular complexity index is 803.